The van der Waals surface area contributed by atoms with Crippen molar-refractivity contribution in [2.45, 2.75) is 19.4 Å². The number of pyridine rings is 1. The minimum atomic E-state index is -1.17. The van der Waals surface area contributed by atoms with Crippen molar-refractivity contribution in [1.82, 2.24) is 4.98 Å². The zero-order valence-electron chi connectivity index (χ0n) is 11.4. The molecule has 0 aliphatic heterocycles. The average Bonchev–Trinajstić information content (AvgIpc) is 2.42. The number of hydrogen-bond donors (Lipinski definition) is 0. The molecule has 0 unspecified atom stereocenters. The van der Waals surface area contributed by atoms with Crippen LogP contribution in [0.5, 0.6) is 0 Å². The molecule has 0 bridgehead atoms. The van der Waals surface area contributed by atoms with Crippen molar-refractivity contribution in [3.63, 3.8) is 0 Å². The predicted octanol–water partition coefficient (Wildman–Crippen LogP) is 4.09. The number of ether oxygens (including phenoxy) is 1. The molecule has 3 nitrogen and oxygen atoms in total. The second-order valence-electron chi connectivity index (χ2n) is 4.88. The Hall–Kier alpha value is -2.01. The SMILES string of the molecule is CC(C)(OC=O)c1cc(F)c(F)c(-c2ccc(Cl)cc2)n1. The van der Waals surface area contributed by atoms with Gasteiger partial charge in [-0.25, -0.2) is 13.8 Å². The molecule has 1 aromatic heterocycles. The van der Waals surface area contributed by atoms with Gasteiger partial charge in [0.2, 0.25) is 0 Å². The zero-order valence-corrected chi connectivity index (χ0v) is 12.1. The Morgan fingerprint density at radius 3 is 2.43 bits per heavy atom. The highest BCUT2D eigenvalue weighted by molar-refractivity contribution is 6.30. The Bertz CT molecular complexity index is 672. The van der Waals surface area contributed by atoms with E-state index in [1.807, 2.05) is 0 Å². The first kappa shape index (κ1) is 15.4. The third-order valence-electron chi connectivity index (χ3n) is 2.99. The zero-order chi connectivity index (χ0) is 15.6. The molecule has 2 rings (SSSR count). The van der Waals surface area contributed by atoms with Crippen molar-refractivity contribution in [3.05, 3.63) is 52.7 Å². The van der Waals surface area contributed by atoms with Gasteiger partial charge in [-0.05, 0) is 26.0 Å². The van der Waals surface area contributed by atoms with E-state index in [1.54, 1.807) is 12.1 Å². The maximum atomic E-state index is 14.0. The lowest BCUT2D eigenvalue weighted by atomic mass is 10.0. The lowest BCUT2D eigenvalue weighted by Gasteiger charge is -2.22. The Balaban J connectivity index is 2.58. The lowest BCUT2D eigenvalue weighted by Crippen LogP contribution is -2.23. The number of aromatic nitrogens is 1. The standard InChI is InChI=1S/C15H12ClF2NO2/c1-15(2,21-8-20)12-7-11(17)13(18)14(19-12)9-3-5-10(16)6-4-9/h3-8H,1-2H3. The lowest BCUT2D eigenvalue weighted by molar-refractivity contribution is -0.141. The van der Waals surface area contributed by atoms with Gasteiger partial charge in [0.05, 0.1) is 5.69 Å². The summed E-state index contributed by atoms with van der Waals surface area (Å²) < 4.78 is 32.6. The Morgan fingerprint density at radius 2 is 1.86 bits per heavy atom. The molecular formula is C15H12ClF2NO2. The van der Waals surface area contributed by atoms with E-state index in [1.165, 1.54) is 26.0 Å². The van der Waals surface area contributed by atoms with Crippen molar-refractivity contribution >= 4 is 18.1 Å². The molecule has 1 aromatic carbocycles. The van der Waals surface area contributed by atoms with Crippen LogP contribution < -0.4 is 0 Å². The van der Waals surface area contributed by atoms with Gasteiger partial charge >= 0.3 is 0 Å². The summed E-state index contributed by atoms with van der Waals surface area (Å²) in [5.74, 6) is -2.13. The topological polar surface area (TPSA) is 39.2 Å². The summed E-state index contributed by atoms with van der Waals surface area (Å²) >= 11 is 5.77. The maximum absolute atomic E-state index is 14.0. The number of carbonyl (C=O) groups excluding carboxylic acids is 1. The van der Waals surface area contributed by atoms with Crippen LogP contribution in [-0.2, 0) is 15.1 Å². The number of halogens is 3. The molecule has 0 radical (unpaired) electrons. The molecule has 0 aliphatic rings. The molecule has 0 N–H and O–H groups in total. The first-order valence-electron chi connectivity index (χ1n) is 6.09. The highest BCUT2D eigenvalue weighted by atomic mass is 35.5. The van der Waals surface area contributed by atoms with Gasteiger partial charge in [0.15, 0.2) is 11.6 Å². The summed E-state index contributed by atoms with van der Waals surface area (Å²) in [5.41, 5.74) is -0.848. The van der Waals surface area contributed by atoms with Crippen LogP contribution in [0.4, 0.5) is 8.78 Å². The normalized spacial score (nSPS) is 11.3. The van der Waals surface area contributed by atoms with E-state index in [2.05, 4.69) is 4.98 Å². The van der Waals surface area contributed by atoms with Gasteiger partial charge in [-0.15, -0.1) is 0 Å². The van der Waals surface area contributed by atoms with Crippen LogP contribution >= 0.6 is 11.6 Å². The third kappa shape index (κ3) is 3.19. The van der Waals surface area contributed by atoms with Gasteiger partial charge in [-0.3, -0.25) is 4.79 Å². The molecule has 6 heteroatoms. The molecule has 0 saturated carbocycles. The summed E-state index contributed by atoms with van der Waals surface area (Å²) in [5, 5.41) is 0.473. The summed E-state index contributed by atoms with van der Waals surface area (Å²) in [6.45, 7) is 3.31. The minimum absolute atomic E-state index is 0.110. The van der Waals surface area contributed by atoms with Crippen LogP contribution in [0.2, 0.25) is 5.02 Å². The van der Waals surface area contributed by atoms with E-state index in [-0.39, 0.29) is 17.9 Å². The van der Waals surface area contributed by atoms with Gasteiger partial charge in [0.25, 0.3) is 6.47 Å². The highest BCUT2D eigenvalue weighted by Crippen LogP contribution is 2.29. The fourth-order valence-corrected chi connectivity index (χ4v) is 1.91. The van der Waals surface area contributed by atoms with Crippen molar-refractivity contribution < 1.29 is 18.3 Å². The van der Waals surface area contributed by atoms with Crippen LogP contribution in [0.15, 0.2) is 30.3 Å². The van der Waals surface area contributed by atoms with E-state index in [9.17, 15) is 13.6 Å². The third-order valence-corrected chi connectivity index (χ3v) is 3.24. The van der Waals surface area contributed by atoms with Crippen molar-refractivity contribution in [1.29, 1.82) is 0 Å². The molecule has 0 amide bonds. The summed E-state index contributed by atoms with van der Waals surface area (Å²) in [7, 11) is 0. The van der Waals surface area contributed by atoms with Gasteiger partial charge in [-0.1, -0.05) is 23.7 Å². The first-order valence-corrected chi connectivity index (χ1v) is 6.47. The first-order chi connectivity index (χ1) is 9.85. The highest BCUT2D eigenvalue weighted by Gasteiger charge is 2.27. The Labute approximate surface area is 125 Å². The second-order valence-corrected chi connectivity index (χ2v) is 5.32. The Morgan fingerprint density at radius 1 is 1.24 bits per heavy atom. The predicted molar refractivity (Wildman–Crippen MR) is 74.8 cm³/mol. The van der Waals surface area contributed by atoms with Crippen LogP contribution in [0.1, 0.15) is 19.5 Å². The van der Waals surface area contributed by atoms with E-state index in [4.69, 9.17) is 16.3 Å². The molecule has 0 spiro atoms. The molecule has 0 fully saturated rings. The molecular weight excluding hydrogens is 300 g/mol. The smallest absolute Gasteiger partial charge is 0.294 e. The van der Waals surface area contributed by atoms with Crippen molar-refractivity contribution in [2.75, 3.05) is 0 Å². The van der Waals surface area contributed by atoms with Gasteiger partial charge in [0, 0.05) is 16.7 Å². The quantitative estimate of drug-likeness (QED) is 0.798. The number of nitrogens with zero attached hydrogens (tertiary/aromatic N) is 1. The number of hydrogen-bond acceptors (Lipinski definition) is 3. The van der Waals surface area contributed by atoms with Crippen molar-refractivity contribution in [2.24, 2.45) is 0 Å². The average molecular weight is 312 g/mol. The van der Waals surface area contributed by atoms with Crippen LogP contribution in [-0.4, -0.2) is 11.5 Å². The Kier molecular flexibility index (Phi) is 4.23. The summed E-state index contributed by atoms with van der Waals surface area (Å²) in [4.78, 5) is 14.6. The van der Waals surface area contributed by atoms with E-state index in [0.29, 0.717) is 10.6 Å². The maximum Gasteiger partial charge on any atom is 0.294 e. The molecule has 2 aromatic rings. The number of rotatable bonds is 4. The molecule has 0 saturated heterocycles. The summed E-state index contributed by atoms with van der Waals surface area (Å²) in [6, 6.07) is 7.08. The van der Waals surface area contributed by atoms with Crippen LogP contribution in [0.3, 0.4) is 0 Å². The van der Waals surface area contributed by atoms with Gasteiger partial charge in [-0.2, -0.15) is 0 Å². The van der Waals surface area contributed by atoms with E-state index in [0.717, 1.165) is 6.07 Å². The minimum Gasteiger partial charge on any atom is -0.455 e. The van der Waals surface area contributed by atoms with Crippen LogP contribution in [0.25, 0.3) is 11.3 Å². The largest absolute Gasteiger partial charge is 0.455 e. The van der Waals surface area contributed by atoms with Gasteiger partial charge in [0.1, 0.15) is 11.3 Å². The molecule has 0 atom stereocenters. The summed E-state index contributed by atoms with van der Waals surface area (Å²) in [6.07, 6.45) is 0. The van der Waals surface area contributed by atoms with Crippen LogP contribution in [0, 0.1) is 11.6 Å². The van der Waals surface area contributed by atoms with E-state index < -0.39 is 17.2 Å². The monoisotopic (exact) mass is 311 g/mol. The molecule has 1 heterocycles. The fourth-order valence-electron chi connectivity index (χ4n) is 1.79. The van der Waals surface area contributed by atoms with E-state index >= 15 is 0 Å². The molecule has 110 valence electrons. The number of carbonyl (C=O) groups is 1. The van der Waals surface area contributed by atoms with Gasteiger partial charge < -0.3 is 4.74 Å². The second kappa shape index (κ2) is 5.77. The number of benzene rings is 1. The van der Waals surface area contributed by atoms with Crippen molar-refractivity contribution in [3.8, 4) is 11.3 Å². The molecule has 21 heavy (non-hydrogen) atoms. The fraction of sp³-hybridized carbons (Fsp3) is 0.200. The molecule has 0 aliphatic carbocycles.